The maximum atomic E-state index is 12.2. The van der Waals surface area contributed by atoms with E-state index in [4.69, 9.17) is 17.3 Å². The molecule has 0 heterocycles. The van der Waals surface area contributed by atoms with Crippen molar-refractivity contribution < 1.29 is 4.79 Å². The summed E-state index contributed by atoms with van der Waals surface area (Å²) in [5.74, 6) is -0.00423. The molecular weight excluding hydrogens is 322 g/mol. The second-order valence-electron chi connectivity index (χ2n) is 6.22. The number of hydrogen-bond acceptors (Lipinski definition) is 3. The summed E-state index contributed by atoms with van der Waals surface area (Å²) in [6, 6.07) is 16.1. The lowest BCUT2D eigenvalue weighted by Crippen LogP contribution is -2.29. The minimum atomic E-state index is -0.00423. The van der Waals surface area contributed by atoms with E-state index in [1.165, 1.54) is 18.4 Å². The molecule has 3 N–H and O–H groups in total. The number of nitrogens with one attached hydrogen (secondary N) is 1. The van der Waals surface area contributed by atoms with Gasteiger partial charge in [-0.15, -0.1) is 0 Å². The first-order valence-electron chi connectivity index (χ1n) is 8.24. The zero-order chi connectivity index (χ0) is 16.9. The Bertz CT molecular complexity index is 701. The highest BCUT2D eigenvalue weighted by molar-refractivity contribution is 6.33. The standard InChI is InChI=1S/C19H22ClN3O/c20-17-9-6-15(12-18(17)21)22-19(24)10-11-23(16-7-8-16)13-14-4-2-1-3-5-14/h1-6,9,12,16H,7-8,10-11,13,21H2,(H,22,24). The maximum absolute atomic E-state index is 12.2. The molecule has 0 radical (unpaired) electrons. The minimum absolute atomic E-state index is 0.00423. The van der Waals surface area contributed by atoms with Crippen molar-refractivity contribution in [3.63, 3.8) is 0 Å². The van der Waals surface area contributed by atoms with E-state index in [2.05, 4.69) is 34.5 Å². The number of benzene rings is 2. The van der Waals surface area contributed by atoms with Crippen LogP contribution in [0.5, 0.6) is 0 Å². The molecule has 0 aromatic heterocycles. The Morgan fingerprint density at radius 3 is 2.62 bits per heavy atom. The number of anilines is 2. The molecule has 126 valence electrons. The van der Waals surface area contributed by atoms with Crippen LogP contribution in [0.4, 0.5) is 11.4 Å². The van der Waals surface area contributed by atoms with Gasteiger partial charge in [0.2, 0.25) is 5.91 Å². The summed E-state index contributed by atoms with van der Waals surface area (Å²) < 4.78 is 0. The molecule has 0 atom stereocenters. The fraction of sp³-hybridized carbons (Fsp3) is 0.316. The quantitative estimate of drug-likeness (QED) is 0.749. The van der Waals surface area contributed by atoms with Crippen molar-refractivity contribution in [3.05, 3.63) is 59.1 Å². The average Bonchev–Trinajstić information content (AvgIpc) is 3.41. The van der Waals surface area contributed by atoms with Crippen LogP contribution < -0.4 is 11.1 Å². The number of hydrogen-bond donors (Lipinski definition) is 2. The third kappa shape index (κ3) is 4.73. The molecule has 0 unspecified atom stereocenters. The number of nitrogens with two attached hydrogens (primary N) is 1. The molecule has 1 aliphatic rings. The molecule has 5 heteroatoms. The van der Waals surface area contributed by atoms with Crippen LogP contribution in [0.25, 0.3) is 0 Å². The maximum Gasteiger partial charge on any atom is 0.225 e. The van der Waals surface area contributed by atoms with Crippen molar-refractivity contribution in [3.8, 4) is 0 Å². The van der Waals surface area contributed by atoms with Gasteiger partial charge in [0.15, 0.2) is 0 Å². The normalized spacial score (nSPS) is 13.9. The molecule has 2 aromatic rings. The van der Waals surface area contributed by atoms with Gasteiger partial charge in [-0.05, 0) is 36.6 Å². The molecule has 3 rings (SSSR count). The predicted octanol–water partition coefficient (Wildman–Crippen LogP) is 3.92. The molecule has 0 spiro atoms. The Morgan fingerprint density at radius 1 is 1.21 bits per heavy atom. The SMILES string of the molecule is Nc1cc(NC(=O)CCN(Cc2ccccc2)C2CC2)ccc1Cl. The van der Waals surface area contributed by atoms with Gasteiger partial charge in [0.25, 0.3) is 0 Å². The lowest BCUT2D eigenvalue weighted by Gasteiger charge is -2.21. The summed E-state index contributed by atoms with van der Waals surface area (Å²) in [4.78, 5) is 14.6. The van der Waals surface area contributed by atoms with Crippen molar-refractivity contribution in [2.24, 2.45) is 0 Å². The van der Waals surface area contributed by atoms with Crippen molar-refractivity contribution in [1.82, 2.24) is 4.90 Å². The van der Waals surface area contributed by atoms with E-state index >= 15 is 0 Å². The summed E-state index contributed by atoms with van der Waals surface area (Å²) in [7, 11) is 0. The van der Waals surface area contributed by atoms with E-state index in [0.29, 0.717) is 28.9 Å². The fourth-order valence-electron chi connectivity index (χ4n) is 2.74. The summed E-state index contributed by atoms with van der Waals surface area (Å²) in [5.41, 5.74) is 8.20. The average molecular weight is 344 g/mol. The highest BCUT2D eigenvalue weighted by atomic mass is 35.5. The van der Waals surface area contributed by atoms with E-state index in [1.807, 2.05) is 6.07 Å². The smallest absolute Gasteiger partial charge is 0.225 e. The van der Waals surface area contributed by atoms with Crippen molar-refractivity contribution in [2.45, 2.75) is 31.8 Å². The highest BCUT2D eigenvalue weighted by Crippen LogP contribution is 2.28. The van der Waals surface area contributed by atoms with E-state index < -0.39 is 0 Å². The third-order valence-corrected chi connectivity index (χ3v) is 4.54. The number of carbonyl (C=O) groups excluding carboxylic acids is 1. The van der Waals surface area contributed by atoms with Crippen LogP contribution in [-0.4, -0.2) is 23.4 Å². The minimum Gasteiger partial charge on any atom is -0.397 e. The van der Waals surface area contributed by atoms with Gasteiger partial charge in [0, 0.05) is 31.2 Å². The summed E-state index contributed by atoms with van der Waals surface area (Å²) in [5, 5.41) is 3.38. The van der Waals surface area contributed by atoms with Gasteiger partial charge < -0.3 is 11.1 Å². The Hall–Kier alpha value is -2.04. The van der Waals surface area contributed by atoms with Gasteiger partial charge in [0.1, 0.15) is 0 Å². The van der Waals surface area contributed by atoms with Crippen LogP contribution in [0.3, 0.4) is 0 Å². The summed E-state index contributed by atoms with van der Waals surface area (Å²) in [6.45, 7) is 1.65. The number of nitrogens with zero attached hydrogens (tertiary/aromatic N) is 1. The topological polar surface area (TPSA) is 58.4 Å². The van der Waals surface area contributed by atoms with E-state index in [1.54, 1.807) is 18.2 Å². The molecule has 1 amide bonds. The van der Waals surface area contributed by atoms with Crippen LogP contribution in [0.2, 0.25) is 5.02 Å². The van der Waals surface area contributed by atoms with Gasteiger partial charge >= 0.3 is 0 Å². The lowest BCUT2D eigenvalue weighted by molar-refractivity contribution is -0.116. The molecule has 1 aliphatic carbocycles. The van der Waals surface area contributed by atoms with Gasteiger partial charge in [0.05, 0.1) is 10.7 Å². The Labute approximate surface area is 147 Å². The first kappa shape index (κ1) is 16.8. The predicted molar refractivity (Wildman–Crippen MR) is 99.0 cm³/mol. The van der Waals surface area contributed by atoms with E-state index in [-0.39, 0.29) is 5.91 Å². The molecule has 1 saturated carbocycles. The van der Waals surface area contributed by atoms with Crippen molar-refractivity contribution in [1.29, 1.82) is 0 Å². The number of amides is 1. The first-order valence-corrected chi connectivity index (χ1v) is 8.62. The van der Waals surface area contributed by atoms with Gasteiger partial charge in [-0.2, -0.15) is 0 Å². The van der Waals surface area contributed by atoms with Crippen LogP contribution in [0, 0.1) is 0 Å². The van der Waals surface area contributed by atoms with Crippen molar-refractivity contribution >= 4 is 28.9 Å². The molecule has 24 heavy (non-hydrogen) atoms. The molecule has 0 bridgehead atoms. The van der Waals surface area contributed by atoms with Gasteiger partial charge in [-0.3, -0.25) is 9.69 Å². The van der Waals surface area contributed by atoms with Crippen molar-refractivity contribution in [2.75, 3.05) is 17.6 Å². The Balaban J connectivity index is 1.52. The first-order chi connectivity index (χ1) is 11.6. The van der Waals surface area contributed by atoms with Gasteiger partial charge in [-0.1, -0.05) is 41.9 Å². The number of halogens is 1. The largest absolute Gasteiger partial charge is 0.397 e. The molecule has 2 aromatic carbocycles. The van der Waals surface area contributed by atoms with Crippen LogP contribution in [0.1, 0.15) is 24.8 Å². The molecule has 0 saturated heterocycles. The molecule has 4 nitrogen and oxygen atoms in total. The second-order valence-corrected chi connectivity index (χ2v) is 6.63. The Kier molecular flexibility index (Phi) is 5.38. The molecule has 0 aliphatic heterocycles. The highest BCUT2D eigenvalue weighted by Gasteiger charge is 2.29. The van der Waals surface area contributed by atoms with Crippen LogP contribution in [-0.2, 0) is 11.3 Å². The second kappa shape index (κ2) is 7.69. The number of carbonyl (C=O) groups is 1. The molecular formula is C19H22ClN3O. The molecule has 1 fully saturated rings. The van der Waals surface area contributed by atoms with Crippen LogP contribution >= 0.6 is 11.6 Å². The number of rotatable bonds is 7. The lowest BCUT2D eigenvalue weighted by atomic mass is 10.2. The third-order valence-electron chi connectivity index (χ3n) is 4.20. The van der Waals surface area contributed by atoms with E-state index in [9.17, 15) is 4.79 Å². The zero-order valence-corrected chi connectivity index (χ0v) is 14.3. The Morgan fingerprint density at radius 2 is 1.96 bits per heavy atom. The summed E-state index contributed by atoms with van der Waals surface area (Å²) >= 11 is 5.89. The van der Waals surface area contributed by atoms with Crippen LogP contribution in [0.15, 0.2) is 48.5 Å². The fourth-order valence-corrected chi connectivity index (χ4v) is 2.86. The van der Waals surface area contributed by atoms with E-state index in [0.717, 1.165) is 13.1 Å². The number of nitrogen functional groups attached to an aromatic ring is 1. The summed E-state index contributed by atoms with van der Waals surface area (Å²) in [6.07, 6.45) is 2.91. The zero-order valence-electron chi connectivity index (χ0n) is 13.5. The van der Waals surface area contributed by atoms with Gasteiger partial charge in [-0.25, -0.2) is 0 Å². The monoisotopic (exact) mass is 343 g/mol.